The minimum absolute atomic E-state index is 0.0479. The number of nitrogens with one attached hydrogen (secondary N) is 1. The predicted molar refractivity (Wildman–Crippen MR) is 102 cm³/mol. The molecule has 0 saturated carbocycles. The molecule has 6 heteroatoms. The summed E-state index contributed by atoms with van der Waals surface area (Å²) >= 11 is 5.96. The molecule has 2 aromatic rings. The van der Waals surface area contributed by atoms with Crippen molar-refractivity contribution in [2.45, 2.75) is 12.8 Å². The molecule has 1 saturated heterocycles. The Bertz CT molecular complexity index is 809. The number of nitrogens with zero attached hydrogens (tertiary/aromatic N) is 1. The van der Waals surface area contributed by atoms with Crippen LogP contribution in [-0.4, -0.2) is 32.0 Å². The third kappa shape index (κ3) is 4.35. The Morgan fingerprint density at radius 2 is 2.08 bits per heavy atom. The highest BCUT2D eigenvalue weighted by molar-refractivity contribution is 6.30. The van der Waals surface area contributed by atoms with E-state index in [1.54, 1.807) is 18.1 Å². The van der Waals surface area contributed by atoms with Gasteiger partial charge in [-0.3, -0.25) is 9.59 Å². The maximum Gasteiger partial charge on any atom is 0.227 e. The number of methoxy groups -OCH3 is 1. The van der Waals surface area contributed by atoms with Gasteiger partial charge < -0.3 is 15.0 Å². The quantitative estimate of drug-likeness (QED) is 0.847. The first-order valence-corrected chi connectivity index (χ1v) is 8.91. The summed E-state index contributed by atoms with van der Waals surface area (Å²) in [7, 11) is 1.58. The smallest absolute Gasteiger partial charge is 0.227 e. The molecule has 1 aliphatic heterocycles. The maximum atomic E-state index is 12.4. The van der Waals surface area contributed by atoms with E-state index < -0.39 is 0 Å². The fraction of sp³-hybridized carbons (Fsp3) is 0.300. The van der Waals surface area contributed by atoms with Crippen LogP contribution in [0.3, 0.4) is 0 Å². The average molecular weight is 373 g/mol. The van der Waals surface area contributed by atoms with Gasteiger partial charge in [-0.05, 0) is 36.2 Å². The minimum Gasteiger partial charge on any atom is -0.497 e. The molecule has 1 fully saturated rings. The predicted octanol–water partition coefficient (Wildman–Crippen LogP) is 3.06. The summed E-state index contributed by atoms with van der Waals surface area (Å²) in [6.45, 7) is 0.901. The van der Waals surface area contributed by atoms with Crippen molar-refractivity contribution in [1.82, 2.24) is 5.32 Å². The van der Waals surface area contributed by atoms with Crippen molar-refractivity contribution in [3.63, 3.8) is 0 Å². The Balaban J connectivity index is 1.55. The van der Waals surface area contributed by atoms with E-state index in [2.05, 4.69) is 5.32 Å². The lowest BCUT2D eigenvalue weighted by Gasteiger charge is -2.17. The number of amides is 2. The van der Waals surface area contributed by atoms with E-state index in [1.165, 1.54) is 0 Å². The van der Waals surface area contributed by atoms with Gasteiger partial charge in [0.1, 0.15) is 5.75 Å². The Morgan fingerprint density at radius 3 is 2.85 bits per heavy atom. The van der Waals surface area contributed by atoms with Crippen molar-refractivity contribution in [1.29, 1.82) is 0 Å². The van der Waals surface area contributed by atoms with E-state index in [9.17, 15) is 9.59 Å². The molecule has 1 N–H and O–H groups in total. The second-order valence-corrected chi connectivity index (χ2v) is 6.71. The van der Waals surface area contributed by atoms with Crippen molar-refractivity contribution in [3.8, 4) is 5.75 Å². The summed E-state index contributed by atoms with van der Waals surface area (Å²) in [6.07, 6.45) is 0.923. The molecule has 1 unspecified atom stereocenters. The number of anilines is 1. The van der Waals surface area contributed by atoms with E-state index >= 15 is 0 Å². The fourth-order valence-corrected chi connectivity index (χ4v) is 3.29. The number of rotatable bonds is 6. The summed E-state index contributed by atoms with van der Waals surface area (Å²) in [6, 6.07) is 14.9. The zero-order valence-electron chi connectivity index (χ0n) is 14.6. The number of benzene rings is 2. The van der Waals surface area contributed by atoms with Crippen LogP contribution in [-0.2, 0) is 16.0 Å². The van der Waals surface area contributed by atoms with Crippen LogP contribution < -0.4 is 15.0 Å². The molecule has 0 bridgehead atoms. The molecule has 136 valence electrons. The van der Waals surface area contributed by atoms with Crippen LogP contribution in [0.2, 0.25) is 5.02 Å². The minimum atomic E-state index is -0.340. The molecule has 3 rings (SSSR count). The van der Waals surface area contributed by atoms with Gasteiger partial charge in [-0.1, -0.05) is 29.8 Å². The Hall–Kier alpha value is -2.53. The zero-order chi connectivity index (χ0) is 18.5. The second kappa shape index (κ2) is 8.23. The van der Waals surface area contributed by atoms with Crippen molar-refractivity contribution < 1.29 is 14.3 Å². The Labute approximate surface area is 157 Å². The molecule has 5 nitrogen and oxygen atoms in total. The van der Waals surface area contributed by atoms with Crippen LogP contribution >= 0.6 is 11.6 Å². The molecule has 26 heavy (non-hydrogen) atoms. The van der Waals surface area contributed by atoms with E-state index in [0.717, 1.165) is 11.3 Å². The molecule has 0 radical (unpaired) electrons. The van der Waals surface area contributed by atoms with Gasteiger partial charge in [-0.15, -0.1) is 0 Å². The van der Waals surface area contributed by atoms with Crippen molar-refractivity contribution >= 4 is 29.1 Å². The highest BCUT2D eigenvalue weighted by Crippen LogP contribution is 2.27. The van der Waals surface area contributed by atoms with Crippen molar-refractivity contribution in [2.75, 3.05) is 25.1 Å². The van der Waals surface area contributed by atoms with Gasteiger partial charge >= 0.3 is 0 Å². The highest BCUT2D eigenvalue weighted by atomic mass is 35.5. The molecule has 0 aromatic heterocycles. The summed E-state index contributed by atoms with van der Waals surface area (Å²) in [5, 5.41) is 3.61. The van der Waals surface area contributed by atoms with Gasteiger partial charge in [0.15, 0.2) is 0 Å². The third-order valence-corrected chi connectivity index (χ3v) is 4.70. The molecule has 1 atom stereocenters. The van der Waals surface area contributed by atoms with E-state index in [1.807, 2.05) is 42.5 Å². The third-order valence-electron chi connectivity index (χ3n) is 4.46. The molecule has 0 aliphatic carbocycles. The normalized spacial score (nSPS) is 16.6. The van der Waals surface area contributed by atoms with Crippen LogP contribution in [0, 0.1) is 5.92 Å². The molecular formula is C20H21ClN2O3. The van der Waals surface area contributed by atoms with Gasteiger partial charge in [0.2, 0.25) is 11.8 Å². The van der Waals surface area contributed by atoms with Gasteiger partial charge in [-0.2, -0.15) is 0 Å². The lowest BCUT2D eigenvalue weighted by Crippen LogP contribution is -2.34. The number of carbonyl (C=O) groups is 2. The molecule has 2 aromatic carbocycles. The van der Waals surface area contributed by atoms with Gasteiger partial charge in [-0.25, -0.2) is 0 Å². The lowest BCUT2D eigenvalue weighted by molar-refractivity contribution is -0.126. The fourth-order valence-electron chi connectivity index (χ4n) is 3.08. The van der Waals surface area contributed by atoms with Crippen LogP contribution in [0.5, 0.6) is 5.75 Å². The SMILES string of the molecule is COc1cccc(N2CC(C(=O)NCCc3cccc(Cl)c3)CC2=O)c1. The van der Waals surface area contributed by atoms with Crippen molar-refractivity contribution in [3.05, 3.63) is 59.1 Å². The summed E-state index contributed by atoms with van der Waals surface area (Å²) < 4.78 is 5.20. The first-order chi connectivity index (χ1) is 12.6. The zero-order valence-corrected chi connectivity index (χ0v) is 15.3. The average Bonchev–Trinajstić information content (AvgIpc) is 3.04. The first-order valence-electron chi connectivity index (χ1n) is 8.53. The molecule has 1 aliphatic rings. The molecular weight excluding hydrogens is 352 g/mol. The van der Waals surface area contributed by atoms with Crippen LogP contribution in [0.25, 0.3) is 0 Å². The van der Waals surface area contributed by atoms with Gasteiger partial charge in [0.25, 0.3) is 0 Å². The highest BCUT2D eigenvalue weighted by Gasteiger charge is 2.35. The maximum absolute atomic E-state index is 12.4. The summed E-state index contributed by atoms with van der Waals surface area (Å²) in [5.74, 6) is 0.205. The monoisotopic (exact) mass is 372 g/mol. The number of carbonyl (C=O) groups excluding carboxylic acids is 2. The summed E-state index contributed by atoms with van der Waals surface area (Å²) in [5.41, 5.74) is 1.82. The number of halogens is 1. The van der Waals surface area contributed by atoms with Crippen LogP contribution in [0.15, 0.2) is 48.5 Å². The number of ether oxygens (including phenoxy) is 1. The topological polar surface area (TPSA) is 58.6 Å². The lowest BCUT2D eigenvalue weighted by atomic mass is 10.1. The number of hydrogen-bond acceptors (Lipinski definition) is 3. The van der Waals surface area contributed by atoms with Crippen molar-refractivity contribution in [2.24, 2.45) is 5.92 Å². The molecule has 2 amide bonds. The largest absolute Gasteiger partial charge is 0.497 e. The summed E-state index contributed by atoms with van der Waals surface area (Å²) in [4.78, 5) is 26.4. The van der Waals surface area contributed by atoms with Crippen LogP contribution in [0.1, 0.15) is 12.0 Å². The van der Waals surface area contributed by atoms with Gasteiger partial charge in [0, 0.05) is 36.3 Å². The van der Waals surface area contributed by atoms with E-state index in [0.29, 0.717) is 30.3 Å². The second-order valence-electron chi connectivity index (χ2n) is 6.28. The molecule has 0 spiro atoms. The van der Waals surface area contributed by atoms with E-state index in [4.69, 9.17) is 16.3 Å². The van der Waals surface area contributed by atoms with Gasteiger partial charge in [0.05, 0.1) is 13.0 Å². The standard InChI is InChI=1S/C20H21ClN2O3/c1-26-18-7-3-6-17(12-18)23-13-15(11-19(23)24)20(25)22-9-8-14-4-2-5-16(21)10-14/h2-7,10,12,15H,8-9,11,13H2,1H3,(H,22,25). The Morgan fingerprint density at radius 1 is 1.27 bits per heavy atom. The Kier molecular flexibility index (Phi) is 5.78. The number of hydrogen-bond donors (Lipinski definition) is 1. The van der Waals surface area contributed by atoms with Crippen LogP contribution in [0.4, 0.5) is 5.69 Å². The van der Waals surface area contributed by atoms with E-state index in [-0.39, 0.29) is 24.2 Å². The molecule has 1 heterocycles. The first kappa shape index (κ1) is 18.3.